The third-order valence-electron chi connectivity index (χ3n) is 4.20. The number of nitrogens with one attached hydrogen (secondary N) is 1. The zero-order valence-corrected chi connectivity index (χ0v) is 16.2. The summed E-state index contributed by atoms with van der Waals surface area (Å²) in [5.41, 5.74) is 1.09. The molecular weight excluding hydrogens is 402 g/mol. The highest BCUT2D eigenvalue weighted by Crippen LogP contribution is 2.25. The van der Waals surface area contributed by atoms with Crippen molar-refractivity contribution in [3.8, 4) is 17.4 Å². The fourth-order valence-electron chi connectivity index (χ4n) is 2.63. The average Bonchev–Trinajstić information content (AvgIpc) is 3.26. The number of non-ortho nitro benzene ring substituents is 1. The normalized spacial score (nSPS) is 10.8. The summed E-state index contributed by atoms with van der Waals surface area (Å²) >= 11 is 0. The summed E-state index contributed by atoms with van der Waals surface area (Å²) in [5, 5.41) is 22.7. The highest BCUT2D eigenvalue weighted by Gasteiger charge is 2.13. The number of carbonyl (C=O) groups is 2. The van der Waals surface area contributed by atoms with Crippen LogP contribution in [0.3, 0.4) is 0 Å². The monoisotopic (exact) mass is 417 g/mol. The average molecular weight is 417 g/mol. The smallest absolute Gasteiger partial charge is 0.337 e. The van der Waals surface area contributed by atoms with Crippen LogP contribution in [0.2, 0.25) is 0 Å². The number of hydrogen-bond donors (Lipinski definition) is 1. The number of hydrogen-bond acceptors (Lipinski definition) is 7. The van der Waals surface area contributed by atoms with Gasteiger partial charge in [-0.05, 0) is 48.5 Å². The van der Waals surface area contributed by atoms with Crippen LogP contribution in [0.25, 0.3) is 17.4 Å². The molecule has 2 aromatic carbocycles. The number of nitriles is 1. The summed E-state index contributed by atoms with van der Waals surface area (Å²) in [6.07, 6.45) is 1.28. The van der Waals surface area contributed by atoms with Crippen LogP contribution < -0.4 is 5.32 Å². The minimum absolute atomic E-state index is 0.0431. The van der Waals surface area contributed by atoms with Gasteiger partial charge in [0, 0.05) is 29.5 Å². The first-order chi connectivity index (χ1) is 14.9. The molecule has 1 amide bonds. The molecule has 0 aliphatic rings. The molecule has 0 unspecified atom stereocenters. The maximum atomic E-state index is 12.4. The Labute approximate surface area is 176 Å². The number of nitrogens with zero attached hydrogens (tertiary/aromatic N) is 2. The van der Waals surface area contributed by atoms with Gasteiger partial charge >= 0.3 is 5.97 Å². The molecular formula is C22H15N3O6. The molecule has 31 heavy (non-hydrogen) atoms. The molecule has 0 bridgehead atoms. The van der Waals surface area contributed by atoms with Gasteiger partial charge in [0.25, 0.3) is 11.6 Å². The Balaban J connectivity index is 1.74. The number of furan rings is 1. The lowest BCUT2D eigenvalue weighted by Crippen LogP contribution is -2.13. The number of nitro groups is 1. The standard InChI is InChI=1S/C22H15N3O6/c1-30-22(27)15-2-6-17(7-3-15)24-21(26)16(13-23)12-19-10-11-20(31-19)14-4-8-18(9-5-14)25(28)29/h2-12H,1H3,(H,24,26)/b16-12+. The number of benzene rings is 2. The van der Waals surface area contributed by atoms with Gasteiger partial charge in [-0.25, -0.2) is 4.79 Å². The van der Waals surface area contributed by atoms with Crippen molar-refractivity contribution >= 4 is 29.3 Å². The van der Waals surface area contributed by atoms with Crippen LogP contribution in [0, 0.1) is 21.4 Å². The van der Waals surface area contributed by atoms with E-state index in [1.807, 2.05) is 6.07 Å². The minimum Gasteiger partial charge on any atom is -0.465 e. The third kappa shape index (κ3) is 5.02. The zero-order valence-electron chi connectivity index (χ0n) is 16.2. The molecule has 9 nitrogen and oxygen atoms in total. The molecule has 0 spiro atoms. The SMILES string of the molecule is COC(=O)c1ccc(NC(=O)/C(C#N)=C/c2ccc(-c3ccc([N+](=O)[O-])cc3)o2)cc1. The second-order valence-corrected chi connectivity index (χ2v) is 6.20. The van der Waals surface area contributed by atoms with Crippen molar-refractivity contribution in [1.82, 2.24) is 0 Å². The molecule has 0 aliphatic heterocycles. The Morgan fingerprint density at radius 3 is 2.35 bits per heavy atom. The van der Waals surface area contributed by atoms with Gasteiger partial charge in [-0.1, -0.05) is 0 Å². The molecule has 0 aliphatic carbocycles. The summed E-state index contributed by atoms with van der Waals surface area (Å²) in [6, 6.07) is 16.8. The molecule has 1 N–H and O–H groups in total. The lowest BCUT2D eigenvalue weighted by atomic mass is 10.1. The Morgan fingerprint density at radius 1 is 1.10 bits per heavy atom. The Kier molecular flexibility index (Phi) is 6.23. The number of methoxy groups -OCH3 is 1. The van der Waals surface area contributed by atoms with E-state index >= 15 is 0 Å². The van der Waals surface area contributed by atoms with Crippen molar-refractivity contribution in [2.24, 2.45) is 0 Å². The van der Waals surface area contributed by atoms with Gasteiger partial charge in [0.1, 0.15) is 23.2 Å². The van der Waals surface area contributed by atoms with Crippen LogP contribution in [0.15, 0.2) is 70.7 Å². The molecule has 0 radical (unpaired) electrons. The fraction of sp³-hybridized carbons (Fsp3) is 0.0455. The summed E-state index contributed by atoms with van der Waals surface area (Å²) in [7, 11) is 1.27. The first kappa shape index (κ1) is 21.0. The van der Waals surface area contributed by atoms with Crippen LogP contribution in [0.4, 0.5) is 11.4 Å². The first-order valence-corrected chi connectivity index (χ1v) is 8.87. The highest BCUT2D eigenvalue weighted by atomic mass is 16.6. The number of anilines is 1. The lowest BCUT2D eigenvalue weighted by Gasteiger charge is -2.05. The van der Waals surface area contributed by atoms with Gasteiger partial charge < -0.3 is 14.5 Å². The molecule has 3 rings (SSSR count). The van der Waals surface area contributed by atoms with Gasteiger partial charge in [0.2, 0.25) is 0 Å². The topological polar surface area (TPSA) is 135 Å². The predicted molar refractivity (Wildman–Crippen MR) is 111 cm³/mol. The molecule has 154 valence electrons. The highest BCUT2D eigenvalue weighted by molar-refractivity contribution is 6.09. The Hall–Kier alpha value is -4.71. The molecule has 1 heterocycles. The van der Waals surface area contributed by atoms with Crippen LogP contribution in [-0.4, -0.2) is 23.9 Å². The van der Waals surface area contributed by atoms with E-state index in [1.165, 1.54) is 49.6 Å². The number of nitro benzene ring substituents is 1. The van der Waals surface area contributed by atoms with Crippen molar-refractivity contribution in [1.29, 1.82) is 5.26 Å². The lowest BCUT2D eigenvalue weighted by molar-refractivity contribution is -0.384. The third-order valence-corrected chi connectivity index (χ3v) is 4.20. The number of amides is 1. The van der Waals surface area contributed by atoms with E-state index in [1.54, 1.807) is 24.3 Å². The van der Waals surface area contributed by atoms with E-state index in [0.29, 0.717) is 22.6 Å². The summed E-state index contributed by atoms with van der Waals surface area (Å²) < 4.78 is 10.2. The van der Waals surface area contributed by atoms with Gasteiger partial charge in [-0.15, -0.1) is 0 Å². The predicted octanol–water partition coefficient (Wildman–Crippen LogP) is 4.19. The van der Waals surface area contributed by atoms with E-state index in [0.717, 1.165) is 0 Å². The van der Waals surface area contributed by atoms with E-state index in [4.69, 9.17) is 4.42 Å². The molecule has 0 saturated carbocycles. The largest absolute Gasteiger partial charge is 0.465 e. The number of carbonyl (C=O) groups excluding carboxylic acids is 2. The quantitative estimate of drug-likeness (QED) is 0.209. The van der Waals surface area contributed by atoms with Crippen molar-refractivity contribution in [3.05, 3.63) is 87.7 Å². The second-order valence-electron chi connectivity index (χ2n) is 6.20. The maximum Gasteiger partial charge on any atom is 0.337 e. The maximum absolute atomic E-state index is 12.4. The molecule has 3 aromatic rings. The van der Waals surface area contributed by atoms with Crippen molar-refractivity contribution < 1.29 is 23.7 Å². The number of esters is 1. The molecule has 0 fully saturated rings. The van der Waals surface area contributed by atoms with E-state index in [2.05, 4.69) is 10.1 Å². The minimum atomic E-state index is -0.651. The van der Waals surface area contributed by atoms with E-state index < -0.39 is 16.8 Å². The number of rotatable bonds is 6. The van der Waals surface area contributed by atoms with Gasteiger partial charge in [0.05, 0.1) is 17.6 Å². The Morgan fingerprint density at radius 2 is 1.77 bits per heavy atom. The second kappa shape index (κ2) is 9.19. The van der Waals surface area contributed by atoms with Crippen molar-refractivity contribution in [2.75, 3.05) is 12.4 Å². The zero-order chi connectivity index (χ0) is 22.4. The van der Waals surface area contributed by atoms with Gasteiger partial charge in [-0.2, -0.15) is 5.26 Å². The molecule has 0 saturated heterocycles. The summed E-state index contributed by atoms with van der Waals surface area (Å²) in [6.45, 7) is 0. The van der Waals surface area contributed by atoms with Crippen molar-refractivity contribution in [3.63, 3.8) is 0 Å². The molecule has 1 aromatic heterocycles. The van der Waals surface area contributed by atoms with Crippen LogP contribution in [0.5, 0.6) is 0 Å². The van der Waals surface area contributed by atoms with E-state index in [-0.39, 0.29) is 17.0 Å². The fourth-order valence-corrected chi connectivity index (χ4v) is 2.63. The molecule has 9 heteroatoms. The molecule has 0 atom stereocenters. The van der Waals surface area contributed by atoms with Gasteiger partial charge in [0.15, 0.2) is 0 Å². The van der Waals surface area contributed by atoms with Gasteiger partial charge in [-0.3, -0.25) is 14.9 Å². The van der Waals surface area contributed by atoms with Crippen LogP contribution >= 0.6 is 0 Å². The summed E-state index contributed by atoms with van der Waals surface area (Å²) in [5.74, 6) is -0.461. The Bertz CT molecular complexity index is 1200. The first-order valence-electron chi connectivity index (χ1n) is 8.87. The van der Waals surface area contributed by atoms with Crippen molar-refractivity contribution in [2.45, 2.75) is 0 Å². The van der Waals surface area contributed by atoms with Crippen LogP contribution in [0.1, 0.15) is 16.1 Å². The summed E-state index contributed by atoms with van der Waals surface area (Å²) in [4.78, 5) is 34.1. The van der Waals surface area contributed by atoms with E-state index in [9.17, 15) is 25.0 Å². The number of ether oxygens (including phenoxy) is 1. The van der Waals surface area contributed by atoms with Crippen LogP contribution in [-0.2, 0) is 9.53 Å².